The number of hydrogen-bond donors (Lipinski definition) is 2. The fourth-order valence-electron chi connectivity index (χ4n) is 2.74. The van der Waals surface area contributed by atoms with Crippen LogP contribution in [0.4, 0.5) is 0 Å². The van der Waals surface area contributed by atoms with Crippen molar-refractivity contribution in [3.05, 3.63) is 0 Å². The summed E-state index contributed by atoms with van der Waals surface area (Å²) in [6.07, 6.45) is 6.74. The molecule has 0 aliphatic heterocycles. The van der Waals surface area contributed by atoms with Gasteiger partial charge in [-0.25, -0.2) is 0 Å². The zero-order chi connectivity index (χ0) is 11.3. The predicted octanol–water partition coefficient (Wildman–Crippen LogP) is 1.22. The second-order valence-electron chi connectivity index (χ2n) is 5.12. The van der Waals surface area contributed by atoms with E-state index in [1.54, 1.807) is 0 Å². The van der Waals surface area contributed by atoms with E-state index >= 15 is 0 Å². The van der Waals surface area contributed by atoms with Crippen LogP contribution in [0.2, 0.25) is 6.32 Å². The Kier molecular flexibility index (Phi) is 5.65. The third kappa shape index (κ3) is 5.00. The van der Waals surface area contributed by atoms with Crippen molar-refractivity contribution >= 4 is 7.12 Å². The average Bonchev–Trinajstić information content (AvgIpc) is 2.15. The molecular weight excluding hydrogens is 189 g/mol. The molecule has 2 atom stereocenters. The molecule has 4 heteroatoms. The molecule has 2 N–H and O–H groups in total. The van der Waals surface area contributed by atoms with Gasteiger partial charge >= 0.3 is 7.12 Å². The van der Waals surface area contributed by atoms with Gasteiger partial charge in [0.25, 0.3) is 0 Å². The summed E-state index contributed by atoms with van der Waals surface area (Å²) < 4.78 is 0. The molecule has 15 heavy (non-hydrogen) atoms. The summed E-state index contributed by atoms with van der Waals surface area (Å²) in [5, 5.41) is 17.8. The summed E-state index contributed by atoms with van der Waals surface area (Å²) >= 11 is 0. The molecule has 0 bridgehead atoms. The first-order chi connectivity index (χ1) is 7.09. The Morgan fingerprint density at radius 1 is 1.13 bits per heavy atom. The zero-order valence-corrected chi connectivity index (χ0v) is 10.0. The molecule has 0 heterocycles. The fraction of sp³-hybridized carbons (Fsp3) is 1.00. The van der Waals surface area contributed by atoms with E-state index in [0.717, 1.165) is 18.9 Å². The minimum Gasteiger partial charge on any atom is -0.427 e. The van der Waals surface area contributed by atoms with Crippen LogP contribution in [0.3, 0.4) is 0 Å². The zero-order valence-electron chi connectivity index (χ0n) is 10.0. The van der Waals surface area contributed by atoms with Crippen molar-refractivity contribution in [3.63, 3.8) is 0 Å². The molecular formula is C11H24BNO2. The SMILES string of the molecule is CN(C)CC1CCCCC1CCB(O)O. The van der Waals surface area contributed by atoms with Gasteiger partial charge in [0.1, 0.15) is 0 Å². The summed E-state index contributed by atoms with van der Waals surface area (Å²) in [4.78, 5) is 2.25. The molecule has 1 aliphatic carbocycles. The Morgan fingerprint density at radius 3 is 2.27 bits per heavy atom. The lowest BCUT2D eigenvalue weighted by atomic mass is 9.72. The molecule has 1 saturated carbocycles. The minimum absolute atomic E-state index is 0.536. The van der Waals surface area contributed by atoms with E-state index in [-0.39, 0.29) is 0 Å². The highest BCUT2D eigenvalue weighted by Crippen LogP contribution is 2.33. The summed E-state index contributed by atoms with van der Waals surface area (Å²) in [6.45, 7) is 1.15. The highest BCUT2D eigenvalue weighted by Gasteiger charge is 2.26. The van der Waals surface area contributed by atoms with Crippen LogP contribution in [0.15, 0.2) is 0 Å². The Balaban J connectivity index is 2.35. The monoisotopic (exact) mass is 213 g/mol. The summed E-state index contributed by atoms with van der Waals surface area (Å²) in [7, 11) is 3.12. The lowest BCUT2D eigenvalue weighted by molar-refractivity contribution is 0.179. The molecule has 2 unspecified atom stereocenters. The minimum atomic E-state index is -1.12. The summed E-state index contributed by atoms with van der Waals surface area (Å²) in [5.74, 6) is 1.45. The van der Waals surface area contributed by atoms with Crippen molar-refractivity contribution in [2.75, 3.05) is 20.6 Å². The van der Waals surface area contributed by atoms with Crippen LogP contribution >= 0.6 is 0 Å². The van der Waals surface area contributed by atoms with Crippen LogP contribution in [-0.2, 0) is 0 Å². The molecule has 3 nitrogen and oxygen atoms in total. The topological polar surface area (TPSA) is 43.7 Å². The van der Waals surface area contributed by atoms with Gasteiger partial charge in [0.15, 0.2) is 0 Å². The first kappa shape index (κ1) is 13.0. The molecule has 0 spiro atoms. The van der Waals surface area contributed by atoms with Gasteiger partial charge in [-0.1, -0.05) is 25.7 Å². The van der Waals surface area contributed by atoms with Gasteiger partial charge in [0.2, 0.25) is 0 Å². The predicted molar refractivity (Wildman–Crippen MR) is 63.6 cm³/mol. The van der Waals surface area contributed by atoms with Crippen LogP contribution in [0.5, 0.6) is 0 Å². The Hall–Kier alpha value is -0.0551. The molecule has 0 amide bonds. The maximum absolute atomic E-state index is 8.90. The van der Waals surface area contributed by atoms with Gasteiger partial charge in [0, 0.05) is 6.54 Å². The summed E-state index contributed by atoms with van der Waals surface area (Å²) in [6, 6.07) is 0. The van der Waals surface area contributed by atoms with Gasteiger partial charge in [0.05, 0.1) is 0 Å². The van der Waals surface area contributed by atoms with Gasteiger partial charge in [-0.05, 0) is 38.7 Å². The largest absolute Gasteiger partial charge is 0.451 e. The van der Waals surface area contributed by atoms with Gasteiger partial charge in [-0.3, -0.25) is 0 Å². The van der Waals surface area contributed by atoms with E-state index in [0.29, 0.717) is 12.2 Å². The third-order valence-electron chi connectivity index (χ3n) is 3.46. The van der Waals surface area contributed by atoms with Crippen LogP contribution in [0, 0.1) is 11.8 Å². The van der Waals surface area contributed by atoms with Gasteiger partial charge in [-0.15, -0.1) is 0 Å². The lowest BCUT2D eigenvalue weighted by Gasteiger charge is -2.33. The molecule has 1 rings (SSSR count). The maximum Gasteiger partial charge on any atom is 0.451 e. The third-order valence-corrected chi connectivity index (χ3v) is 3.46. The average molecular weight is 213 g/mol. The lowest BCUT2D eigenvalue weighted by Crippen LogP contribution is -2.30. The van der Waals surface area contributed by atoms with E-state index in [4.69, 9.17) is 10.0 Å². The summed E-state index contributed by atoms with van der Waals surface area (Å²) in [5.41, 5.74) is 0. The molecule has 1 fully saturated rings. The van der Waals surface area contributed by atoms with E-state index in [1.807, 2.05) is 0 Å². The van der Waals surface area contributed by atoms with Crippen LogP contribution in [0.1, 0.15) is 32.1 Å². The second kappa shape index (κ2) is 6.51. The molecule has 0 aromatic rings. The van der Waals surface area contributed by atoms with Crippen molar-refractivity contribution in [2.45, 2.75) is 38.4 Å². The van der Waals surface area contributed by atoms with E-state index in [1.165, 1.54) is 25.7 Å². The van der Waals surface area contributed by atoms with Crippen LogP contribution in [0.25, 0.3) is 0 Å². The Labute approximate surface area is 93.6 Å². The Morgan fingerprint density at radius 2 is 1.73 bits per heavy atom. The van der Waals surface area contributed by atoms with E-state index in [2.05, 4.69) is 19.0 Å². The highest BCUT2D eigenvalue weighted by atomic mass is 16.4. The van der Waals surface area contributed by atoms with Crippen molar-refractivity contribution in [1.82, 2.24) is 4.90 Å². The molecule has 0 aromatic carbocycles. The normalized spacial score (nSPS) is 27.0. The fourth-order valence-corrected chi connectivity index (χ4v) is 2.74. The molecule has 0 saturated heterocycles. The van der Waals surface area contributed by atoms with Crippen LogP contribution in [-0.4, -0.2) is 42.7 Å². The molecule has 88 valence electrons. The van der Waals surface area contributed by atoms with Crippen LogP contribution < -0.4 is 0 Å². The van der Waals surface area contributed by atoms with Crippen molar-refractivity contribution in [2.24, 2.45) is 11.8 Å². The first-order valence-electron chi connectivity index (χ1n) is 6.10. The molecule has 1 aliphatic rings. The number of rotatable bonds is 5. The van der Waals surface area contributed by atoms with E-state index < -0.39 is 7.12 Å². The molecule has 0 aromatic heterocycles. The first-order valence-corrected chi connectivity index (χ1v) is 6.10. The standard InChI is InChI=1S/C11H24BNO2/c1-13(2)9-11-6-4-3-5-10(11)7-8-12(14)15/h10-11,14-15H,3-9H2,1-2H3. The molecule has 0 radical (unpaired) electrons. The maximum atomic E-state index is 8.90. The second-order valence-corrected chi connectivity index (χ2v) is 5.12. The van der Waals surface area contributed by atoms with E-state index in [9.17, 15) is 0 Å². The quantitative estimate of drug-likeness (QED) is 0.675. The number of nitrogens with zero attached hydrogens (tertiary/aromatic N) is 1. The van der Waals surface area contributed by atoms with Crippen molar-refractivity contribution < 1.29 is 10.0 Å². The number of hydrogen-bond acceptors (Lipinski definition) is 3. The van der Waals surface area contributed by atoms with Crippen molar-refractivity contribution in [1.29, 1.82) is 0 Å². The van der Waals surface area contributed by atoms with Gasteiger partial charge in [-0.2, -0.15) is 0 Å². The highest BCUT2D eigenvalue weighted by molar-refractivity contribution is 6.40. The van der Waals surface area contributed by atoms with Gasteiger partial charge < -0.3 is 14.9 Å². The Bertz CT molecular complexity index is 176. The smallest absolute Gasteiger partial charge is 0.427 e. The van der Waals surface area contributed by atoms with Crippen molar-refractivity contribution in [3.8, 4) is 0 Å².